The van der Waals surface area contributed by atoms with E-state index >= 15 is 0 Å². The summed E-state index contributed by atoms with van der Waals surface area (Å²) in [6.07, 6.45) is 4.14. The number of aromatic nitrogens is 2. The highest BCUT2D eigenvalue weighted by Gasteiger charge is 2.23. The van der Waals surface area contributed by atoms with E-state index in [9.17, 15) is 4.79 Å². The summed E-state index contributed by atoms with van der Waals surface area (Å²) in [4.78, 5) is 16.1. The van der Waals surface area contributed by atoms with Crippen molar-refractivity contribution in [2.24, 2.45) is 5.92 Å². The number of rotatable bonds is 5. The molecule has 0 saturated heterocycles. The van der Waals surface area contributed by atoms with Crippen LogP contribution >= 0.6 is 11.6 Å². The quantitative estimate of drug-likeness (QED) is 0.918. The molecule has 1 fully saturated rings. The van der Waals surface area contributed by atoms with Gasteiger partial charge in [0.25, 0.3) is 0 Å². The standard InChI is InChI=1S/C16H18ClN3O2/c1-10-12(17)4-3-5-13(10)18-16-19-15(21)14(22-2)9-20(16)8-11-6-7-11/h3-5,9,11H,6-8H2,1-2H3,(H,18,19,21). The van der Waals surface area contributed by atoms with Crippen LogP contribution < -0.4 is 15.6 Å². The number of benzene rings is 1. The van der Waals surface area contributed by atoms with Crippen LogP contribution in [-0.2, 0) is 6.54 Å². The van der Waals surface area contributed by atoms with Gasteiger partial charge in [0.1, 0.15) is 0 Å². The van der Waals surface area contributed by atoms with Crippen LogP contribution in [0.2, 0.25) is 5.02 Å². The minimum atomic E-state index is -0.378. The molecule has 0 atom stereocenters. The van der Waals surface area contributed by atoms with Crippen LogP contribution in [-0.4, -0.2) is 16.7 Å². The highest BCUT2D eigenvalue weighted by molar-refractivity contribution is 6.31. The van der Waals surface area contributed by atoms with Crippen molar-refractivity contribution in [2.45, 2.75) is 26.3 Å². The minimum Gasteiger partial charge on any atom is -0.490 e. The molecule has 5 nitrogen and oxygen atoms in total. The molecule has 1 aromatic carbocycles. The van der Waals surface area contributed by atoms with Gasteiger partial charge in [0, 0.05) is 17.3 Å². The summed E-state index contributed by atoms with van der Waals surface area (Å²) in [6, 6.07) is 5.62. The van der Waals surface area contributed by atoms with Crippen LogP contribution in [0.25, 0.3) is 0 Å². The van der Waals surface area contributed by atoms with Gasteiger partial charge in [-0.1, -0.05) is 17.7 Å². The summed E-state index contributed by atoms with van der Waals surface area (Å²) in [5.74, 6) is 1.42. The summed E-state index contributed by atoms with van der Waals surface area (Å²) in [6.45, 7) is 2.75. The molecule has 1 saturated carbocycles. The second-order valence-corrected chi connectivity index (χ2v) is 5.98. The molecule has 22 heavy (non-hydrogen) atoms. The maximum absolute atomic E-state index is 12.0. The van der Waals surface area contributed by atoms with Crippen molar-refractivity contribution in [2.75, 3.05) is 12.4 Å². The average molecular weight is 320 g/mol. The summed E-state index contributed by atoms with van der Waals surface area (Å²) in [5, 5.41) is 3.89. The molecule has 1 aliphatic carbocycles. The largest absolute Gasteiger partial charge is 0.490 e. The number of ether oxygens (including phenoxy) is 1. The van der Waals surface area contributed by atoms with E-state index in [0.29, 0.717) is 16.9 Å². The lowest BCUT2D eigenvalue weighted by Gasteiger charge is -2.16. The van der Waals surface area contributed by atoms with Crippen LogP contribution in [0.1, 0.15) is 18.4 Å². The van der Waals surface area contributed by atoms with Gasteiger partial charge in [-0.05, 0) is 43.4 Å². The zero-order valence-electron chi connectivity index (χ0n) is 12.6. The topological polar surface area (TPSA) is 56.1 Å². The first kappa shape index (κ1) is 14.9. The van der Waals surface area contributed by atoms with Crippen LogP contribution in [0.4, 0.5) is 11.6 Å². The van der Waals surface area contributed by atoms with Crippen molar-refractivity contribution in [3.05, 3.63) is 45.3 Å². The van der Waals surface area contributed by atoms with E-state index in [2.05, 4.69) is 10.3 Å². The second-order valence-electron chi connectivity index (χ2n) is 5.57. The van der Waals surface area contributed by atoms with Gasteiger partial charge in [-0.25, -0.2) is 0 Å². The predicted octanol–water partition coefficient (Wildman–Crippen LogP) is 3.37. The Morgan fingerprint density at radius 2 is 2.23 bits per heavy atom. The summed E-state index contributed by atoms with van der Waals surface area (Å²) >= 11 is 6.14. The summed E-state index contributed by atoms with van der Waals surface area (Å²) < 4.78 is 7.03. The van der Waals surface area contributed by atoms with E-state index in [4.69, 9.17) is 16.3 Å². The highest BCUT2D eigenvalue weighted by Crippen LogP contribution is 2.32. The highest BCUT2D eigenvalue weighted by atomic mass is 35.5. The molecule has 0 amide bonds. The van der Waals surface area contributed by atoms with Crippen molar-refractivity contribution < 1.29 is 4.74 Å². The summed E-state index contributed by atoms with van der Waals surface area (Å²) in [7, 11) is 1.48. The molecule has 0 aliphatic heterocycles. The van der Waals surface area contributed by atoms with Gasteiger partial charge in [0.15, 0.2) is 0 Å². The number of nitrogens with one attached hydrogen (secondary N) is 1. The van der Waals surface area contributed by atoms with Gasteiger partial charge in [-0.15, -0.1) is 0 Å². The first-order valence-corrected chi connectivity index (χ1v) is 7.64. The number of nitrogens with zero attached hydrogens (tertiary/aromatic N) is 2. The van der Waals surface area contributed by atoms with Crippen LogP contribution in [0.5, 0.6) is 5.75 Å². The molecule has 1 aromatic heterocycles. The van der Waals surface area contributed by atoms with Crippen molar-refractivity contribution in [3.63, 3.8) is 0 Å². The van der Waals surface area contributed by atoms with E-state index in [1.807, 2.05) is 29.7 Å². The molecule has 1 N–H and O–H groups in total. The molecule has 0 bridgehead atoms. The number of halogens is 1. The Bertz CT molecular complexity index is 754. The fraction of sp³-hybridized carbons (Fsp3) is 0.375. The van der Waals surface area contributed by atoms with E-state index in [1.54, 1.807) is 6.20 Å². The van der Waals surface area contributed by atoms with Gasteiger partial charge >= 0.3 is 5.56 Å². The van der Waals surface area contributed by atoms with Crippen molar-refractivity contribution in [1.82, 2.24) is 9.55 Å². The lowest BCUT2D eigenvalue weighted by atomic mass is 10.2. The van der Waals surface area contributed by atoms with Crippen LogP contribution in [0, 0.1) is 12.8 Å². The molecular formula is C16H18ClN3O2. The first-order chi connectivity index (χ1) is 10.6. The van der Waals surface area contributed by atoms with Gasteiger partial charge in [0.05, 0.1) is 13.3 Å². The number of hydrogen-bond acceptors (Lipinski definition) is 4. The lowest BCUT2D eigenvalue weighted by Crippen LogP contribution is -2.19. The Balaban J connectivity index is 1.99. The maximum atomic E-state index is 12.0. The van der Waals surface area contributed by atoms with Gasteiger partial charge in [0.2, 0.25) is 11.7 Å². The van der Waals surface area contributed by atoms with Crippen molar-refractivity contribution in [1.29, 1.82) is 0 Å². The maximum Gasteiger partial charge on any atom is 0.316 e. The third-order valence-electron chi connectivity index (χ3n) is 3.85. The van der Waals surface area contributed by atoms with Gasteiger partial charge in [-0.3, -0.25) is 4.79 Å². The number of methoxy groups -OCH3 is 1. The Labute approximate surface area is 133 Å². The fourth-order valence-electron chi connectivity index (χ4n) is 2.29. The monoisotopic (exact) mass is 319 g/mol. The normalized spacial score (nSPS) is 14.0. The third-order valence-corrected chi connectivity index (χ3v) is 4.26. The molecular weight excluding hydrogens is 302 g/mol. The smallest absolute Gasteiger partial charge is 0.316 e. The van der Waals surface area contributed by atoms with E-state index in [1.165, 1.54) is 20.0 Å². The average Bonchev–Trinajstić information content (AvgIpc) is 3.30. The van der Waals surface area contributed by atoms with Gasteiger partial charge in [-0.2, -0.15) is 4.98 Å². The zero-order chi connectivity index (χ0) is 15.7. The second kappa shape index (κ2) is 6.01. The Hall–Kier alpha value is -2.01. The molecule has 0 radical (unpaired) electrons. The number of anilines is 2. The van der Waals surface area contributed by atoms with Gasteiger partial charge < -0.3 is 14.6 Å². The Kier molecular flexibility index (Phi) is 4.07. The minimum absolute atomic E-state index is 0.258. The van der Waals surface area contributed by atoms with Crippen LogP contribution in [0.15, 0.2) is 29.2 Å². The van der Waals surface area contributed by atoms with Crippen molar-refractivity contribution >= 4 is 23.2 Å². The SMILES string of the molecule is COc1cn(CC2CC2)c(Nc2cccc(Cl)c2C)nc1=O. The van der Waals surface area contributed by atoms with Crippen molar-refractivity contribution in [3.8, 4) is 5.75 Å². The molecule has 0 spiro atoms. The van der Waals surface area contributed by atoms with E-state index in [0.717, 1.165) is 17.8 Å². The molecule has 1 aliphatic rings. The molecule has 1 heterocycles. The van der Waals surface area contributed by atoms with E-state index in [-0.39, 0.29) is 11.3 Å². The molecule has 2 aromatic rings. The lowest BCUT2D eigenvalue weighted by molar-refractivity contribution is 0.400. The van der Waals surface area contributed by atoms with Crippen LogP contribution in [0.3, 0.4) is 0 Å². The predicted molar refractivity (Wildman–Crippen MR) is 87.2 cm³/mol. The Morgan fingerprint density at radius 1 is 1.45 bits per heavy atom. The number of hydrogen-bond donors (Lipinski definition) is 1. The third kappa shape index (κ3) is 3.09. The summed E-state index contributed by atoms with van der Waals surface area (Å²) in [5.41, 5.74) is 1.39. The zero-order valence-corrected chi connectivity index (χ0v) is 13.4. The molecule has 3 rings (SSSR count). The fourth-order valence-corrected chi connectivity index (χ4v) is 2.47. The molecule has 116 valence electrons. The molecule has 0 unspecified atom stereocenters. The Morgan fingerprint density at radius 3 is 2.91 bits per heavy atom. The first-order valence-electron chi connectivity index (χ1n) is 7.26. The van der Waals surface area contributed by atoms with E-state index < -0.39 is 0 Å². The molecule has 6 heteroatoms.